The Morgan fingerprint density at radius 3 is 2.92 bits per heavy atom. The average molecular weight is 336 g/mol. The maximum Gasteiger partial charge on any atom is 0.122 e. The second-order valence-electron chi connectivity index (χ2n) is 6.89. The Kier molecular flexibility index (Phi) is 4.65. The van der Waals surface area contributed by atoms with Gasteiger partial charge < -0.3 is 9.73 Å². The fraction of sp³-hybridized carbons (Fsp3) is 0.400. The van der Waals surface area contributed by atoms with Gasteiger partial charge in [-0.2, -0.15) is 0 Å². The maximum absolute atomic E-state index is 5.74. The van der Waals surface area contributed by atoms with Gasteiger partial charge in [0.15, 0.2) is 0 Å². The van der Waals surface area contributed by atoms with Gasteiger partial charge in [-0.05, 0) is 56.1 Å². The van der Waals surface area contributed by atoms with Crippen LogP contribution in [-0.2, 0) is 0 Å². The monoisotopic (exact) mass is 336 g/mol. The summed E-state index contributed by atoms with van der Waals surface area (Å²) in [6.07, 6.45) is 9.78. The molecule has 0 radical (unpaired) electrons. The highest BCUT2D eigenvalue weighted by Gasteiger charge is 2.26. The molecule has 3 aromatic heterocycles. The van der Waals surface area contributed by atoms with Crippen LogP contribution < -0.4 is 5.32 Å². The third kappa shape index (κ3) is 3.51. The van der Waals surface area contributed by atoms with Crippen LogP contribution in [0.15, 0.2) is 53.5 Å². The van der Waals surface area contributed by atoms with E-state index in [1.165, 1.54) is 12.8 Å². The molecule has 1 fully saturated rings. The molecule has 5 nitrogen and oxygen atoms in total. The Morgan fingerprint density at radius 1 is 1.24 bits per heavy atom. The molecule has 0 saturated carbocycles. The van der Waals surface area contributed by atoms with Crippen molar-refractivity contribution in [3.05, 3.63) is 54.9 Å². The van der Waals surface area contributed by atoms with E-state index in [9.17, 15) is 0 Å². The Bertz CT molecular complexity index is 804. The van der Waals surface area contributed by atoms with E-state index in [0.717, 1.165) is 47.9 Å². The zero-order valence-corrected chi connectivity index (χ0v) is 14.6. The third-order valence-electron chi connectivity index (χ3n) is 5.13. The first kappa shape index (κ1) is 16.1. The van der Waals surface area contributed by atoms with Crippen molar-refractivity contribution in [1.82, 2.24) is 14.9 Å². The number of rotatable bonds is 5. The first-order valence-corrected chi connectivity index (χ1v) is 9.01. The number of nitrogens with one attached hydrogen (secondary N) is 1. The summed E-state index contributed by atoms with van der Waals surface area (Å²) in [5.74, 6) is 1.83. The highest BCUT2D eigenvalue weighted by molar-refractivity contribution is 5.88. The summed E-state index contributed by atoms with van der Waals surface area (Å²) >= 11 is 0. The Hall–Kier alpha value is -2.40. The van der Waals surface area contributed by atoms with Crippen molar-refractivity contribution >= 4 is 16.6 Å². The van der Waals surface area contributed by atoms with Crippen LogP contribution in [0.5, 0.6) is 0 Å². The van der Waals surface area contributed by atoms with Crippen LogP contribution in [0.25, 0.3) is 10.9 Å². The molecule has 0 bridgehead atoms. The normalized spacial score (nSPS) is 17.6. The molecule has 5 heteroatoms. The number of anilines is 1. The van der Waals surface area contributed by atoms with E-state index >= 15 is 0 Å². The van der Waals surface area contributed by atoms with E-state index in [0.29, 0.717) is 0 Å². The topological polar surface area (TPSA) is 54.2 Å². The molecule has 1 atom stereocenters. The highest BCUT2D eigenvalue weighted by atomic mass is 16.3. The van der Waals surface area contributed by atoms with E-state index in [2.05, 4.69) is 33.2 Å². The van der Waals surface area contributed by atoms with E-state index in [4.69, 9.17) is 4.42 Å². The smallest absolute Gasteiger partial charge is 0.122 e. The highest BCUT2D eigenvalue weighted by Crippen LogP contribution is 2.28. The molecule has 0 aliphatic carbocycles. The van der Waals surface area contributed by atoms with Crippen LogP contribution in [0.4, 0.5) is 5.69 Å². The molecular weight excluding hydrogens is 312 g/mol. The fourth-order valence-corrected chi connectivity index (χ4v) is 3.57. The molecular formula is C20H24N4O. The molecule has 25 heavy (non-hydrogen) atoms. The maximum atomic E-state index is 5.74. The van der Waals surface area contributed by atoms with Crippen molar-refractivity contribution < 1.29 is 4.42 Å². The van der Waals surface area contributed by atoms with Gasteiger partial charge in [0.05, 0.1) is 29.7 Å². The Morgan fingerprint density at radius 2 is 2.12 bits per heavy atom. The first-order valence-electron chi connectivity index (χ1n) is 9.01. The van der Waals surface area contributed by atoms with Crippen molar-refractivity contribution in [2.75, 3.05) is 25.0 Å². The molecule has 4 rings (SSSR count). The van der Waals surface area contributed by atoms with E-state index < -0.39 is 0 Å². The van der Waals surface area contributed by atoms with E-state index in [1.54, 1.807) is 6.26 Å². The lowest BCUT2D eigenvalue weighted by atomic mass is 9.97. The minimum Gasteiger partial charge on any atom is -0.468 e. The molecule has 130 valence electrons. The molecule has 0 amide bonds. The number of pyridine rings is 2. The van der Waals surface area contributed by atoms with Crippen LogP contribution >= 0.6 is 0 Å². The Labute approximate surface area is 148 Å². The van der Waals surface area contributed by atoms with Gasteiger partial charge in [0.2, 0.25) is 0 Å². The first-order chi connectivity index (χ1) is 12.3. The predicted molar refractivity (Wildman–Crippen MR) is 99.4 cm³/mol. The summed E-state index contributed by atoms with van der Waals surface area (Å²) in [6.45, 7) is 5.34. The largest absolute Gasteiger partial charge is 0.468 e. The van der Waals surface area contributed by atoms with Crippen molar-refractivity contribution in [2.45, 2.75) is 25.8 Å². The second kappa shape index (κ2) is 7.23. The van der Waals surface area contributed by atoms with Crippen molar-refractivity contribution in [1.29, 1.82) is 0 Å². The van der Waals surface area contributed by atoms with Crippen molar-refractivity contribution in [3.8, 4) is 0 Å². The zero-order chi connectivity index (χ0) is 17.1. The molecule has 0 spiro atoms. The minimum absolute atomic E-state index is 0.224. The van der Waals surface area contributed by atoms with Gasteiger partial charge in [-0.25, -0.2) is 0 Å². The van der Waals surface area contributed by atoms with Gasteiger partial charge in [-0.15, -0.1) is 0 Å². The number of likely N-dealkylation sites (tertiary alicyclic amines) is 1. The molecule has 1 unspecified atom stereocenters. The lowest BCUT2D eigenvalue weighted by Gasteiger charge is -2.36. The summed E-state index contributed by atoms with van der Waals surface area (Å²) in [6, 6.07) is 8.24. The molecule has 4 heterocycles. The van der Waals surface area contributed by atoms with Crippen LogP contribution in [0.1, 0.15) is 31.6 Å². The fourth-order valence-electron chi connectivity index (χ4n) is 3.57. The summed E-state index contributed by atoms with van der Waals surface area (Å²) in [5.41, 5.74) is 1.93. The van der Waals surface area contributed by atoms with Gasteiger partial charge >= 0.3 is 0 Å². The quantitative estimate of drug-likeness (QED) is 0.760. The summed E-state index contributed by atoms with van der Waals surface area (Å²) in [7, 11) is 0. The van der Waals surface area contributed by atoms with Crippen LogP contribution in [0.2, 0.25) is 0 Å². The number of aromatic nitrogens is 2. The predicted octanol–water partition coefficient (Wildman–Crippen LogP) is 4.11. The zero-order valence-electron chi connectivity index (χ0n) is 14.6. The number of hydrogen-bond acceptors (Lipinski definition) is 5. The lowest BCUT2D eigenvalue weighted by molar-refractivity contribution is 0.129. The molecule has 1 saturated heterocycles. The number of hydrogen-bond donors (Lipinski definition) is 1. The number of fused-ring (bicyclic) bond motifs is 1. The van der Waals surface area contributed by atoms with E-state index in [-0.39, 0.29) is 6.04 Å². The van der Waals surface area contributed by atoms with Crippen LogP contribution in [-0.4, -0.2) is 34.5 Å². The standard InChI is InChI=1S/C20H24N4O/c1-15-6-9-24(10-7-15)18(19-5-3-11-25-19)14-23-17-13-21-12-16-4-2-8-22-20(16)17/h2-5,8,11-13,15,18,23H,6-7,9-10,14H2,1H3. The molecule has 1 aliphatic rings. The summed E-state index contributed by atoms with van der Waals surface area (Å²) in [5, 5.41) is 4.61. The lowest BCUT2D eigenvalue weighted by Crippen LogP contribution is -2.39. The number of nitrogens with zero attached hydrogens (tertiary/aromatic N) is 3. The van der Waals surface area contributed by atoms with Crippen LogP contribution in [0.3, 0.4) is 0 Å². The van der Waals surface area contributed by atoms with E-state index in [1.807, 2.05) is 36.8 Å². The van der Waals surface area contributed by atoms with Gasteiger partial charge in [0, 0.05) is 24.3 Å². The number of furan rings is 1. The minimum atomic E-state index is 0.224. The van der Waals surface area contributed by atoms with Gasteiger partial charge in [-0.3, -0.25) is 14.9 Å². The second-order valence-corrected chi connectivity index (χ2v) is 6.89. The average Bonchev–Trinajstić information content (AvgIpc) is 3.18. The number of piperidine rings is 1. The van der Waals surface area contributed by atoms with Crippen LogP contribution in [0, 0.1) is 5.92 Å². The molecule has 1 aliphatic heterocycles. The molecule has 3 aromatic rings. The third-order valence-corrected chi connectivity index (χ3v) is 5.13. The molecule has 0 aromatic carbocycles. The Balaban J connectivity index is 1.54. The summed E-state index contributed by atoms with van der Waals surface area (Å²) < 4.78 is 5.74. The molecule has 1 N–H and O–H groups in total. The van der Waals surface area contributed by atoms with Crippen molar-refractivity contribution in [3.63, 3.8) is 0 Å². The SMILES string of the molecule is CC1CCN(C(CNc2cncc3cccnc23)c2ccco2)CC1. The van der Waals surface area contributed by atoms with Crippen molar-refractivity contribution in [2.24, 2.45) is 5.92 Å². The van der Waals surface area contributed by atoms with Gasteiger partial charge in [0.25, 0.3) is 0 Å². The van der Waals surface area contributed by atoms with Gasteiger partial charge in [-0.1, -0.05) is 6.92 Å². The summed E-state index contributed by atoms with van der Waals surface area (Å²) in [4.78, 5) is 11.4. The van der Waals surface area contributed by atoms with Gasteiger partial charge in [0.1, 0.15) is 5.76 Å².